The number of hydrogen-bond acceptors (Lipinski definition) is 3. The van der Waals surface area contributed by atoms with Gasteiger partial charge in [-0.15, -0.1) is 11.3 Å². The predicted octanol–water partition coefficient (Wildman–Crippen LogP) is 1.99. The van der Waals surface area contributed by atoms with Crippen molar-refractivity contribution in [2.75, 3.05) is 18.0 Å². The topological polar surface area (TPSA) is 16.1 Å². The van der Waals surface area contributed by atoms with Crippen LogP contribution in [0.1, 0.15) is 13.3 Å². The van der Waals surface area contributed by atoms with Crippen molar-refractivity contribution in [1.82, 2.24) is 4.98 Å². The van der Waals surface area contributed by atoms with Crippen LogP contribution in [0.5, 0.6) is 0 Å². The van der Waals surface area contributed by atoms with E-state index in [0.29, 0.717) is 0 Å². The molecule has 0 spiro atoms. The third-order valence-electron chi connectivity index (χ3n) is 2.15. The lowest BCUT2D eigenvalue weighted by atomic mass is 10.2. The molecule has 2 heterocycles. The first-order valence-electron chi connectivity index (χ1n) is 3.99. The zero-order valence-corrected chi connectivity index (χ0v) is 7.47. The van der Waals surface area contributed by atoms with E-state index in [1.807, 2.05) is 11.7 Å². The lowest BCUT2D eigenvalue weighted by molar-refractivity contribution is 0.659. The van der Waals surface area contributed by atoms with E-state index >= 15 is 0 Å². The number of nitrogens with zero attached hydrogens (tertiary/aromatic N) is 2. The Bertz CT molecular complexity index is 220. The molecule has 0 saturated carbocycles. The summed E-state index contributed by atoms with van der Waals surface area (Å²) in [7, 11) is 0. The van der Waals surface area contributed by atoms with E-state index in [-0.39, 0.29) is 0 Å². The molecule has 11 heavy (non-hydrogen) atoms. The first-order chi connectivity index (χ1) is 5.36. The number of anilines is 1. The molecule has 2 nitrogen and oxygen atoms in total. The third-order valence-corrected chi connectivity index (χ3v) is 2.99. The largest absolute Gasteiger partial charge is 0.362 e. The Kier molecular flexibility index (Phi) is 1.82. The average molecular weight is 168 g/mol. The van der Waals surface area contributed by atoms with E-state index in [2.05, 4.69) is 16.8 Å². The minimum absolute atomic E-state index is 0.858. The zero-order chi connectivity index (χ0) is 7.68. The Morgan fingerprint density at radius 2 is 2.64 bits per heavy atom. The molecule has 0 amide bonds. The van der Waals surface area contributed by atoms with E-state index in [1.54, 1.807) is 11.3 Å². The Hall–Kier alpha value is -0.570. The van der Waals surface area contributed by atoms with Gasteiger partial charge in [0.2, 0.25) is 0 Å². The molecule has 60 valence electrons. The van der Waals surface area contributed by atoms with Crippen LogP contribution < -0.4 is 4.90 Å². The monoisotopic (exact) mass is 168 g/mol. The van der Waals surface area contributed by atoms with E-state index in [9.17, 15) is 0 Å². The molecule has 1 unspecified atom stereocenters. The lowest BCUT2D eigenvalue weighted by Gasteiger charge is -2.13. The van der Waals surface area contributed by atoms with Crippen molar-refractivity contribution in [3.63, 3.8) is 0 Å². The van der Waals surface area contributed by atoms with Crippen molar-refractivity contribution in [3.05, 3.63) is 11.7 Å². The van der Waals surface area contributed by atoms with E-state index < -0.39 is 0 Å². The van der Waals surface area contributed by atoms with Crippen molar-refractivity contribution >= 4 is 16.3 Å². The first-order valence-corrected chi connectivity index (χ1v) is 4.87. The average Bonchev–Trinajstić information content (AvgIpc) is 2.55. The highest BCUT2D eigenvalue weighted by Crippen LogP contribution is 2.25. The van der Waals surface area contributed by atoms with Gasteiger partial charge >= 0.3 is 0 Å². The highest BCUT2D eigenvalue weighted by atomic mass is 32.1. The Balaban J connectivity index is 2.08. The quantitative estimate of drug-likeness (QED) is 0.637. The molecule has 0 N–H and O–H groups in total. The van der Waals surface area contributed by atoms with Crippen LogP contribution >= 0.6 is 11.3 Å². The molecule has 1 atom stereocenters. The molecule has 0 radical (unpaired) electrons. The van der Waals surface area contributed by atoms with Gasteiger partial charge in [0.15, 0.2) is 0 Å². The molecular formula is C8H12N2S. The molecule has 0 aliphatic carbocycles. The first kappa shape index (κ1) is 7.10. The molecule has 1 aliphatic heterocycles. The fraction of sp³-hybridized carbons (Fsp3) is 0.625. The molecule has 2 rings (SSSR count). The van der Waals surface area contributed by atoms with Gasteiger partial charge in [0, 0.05) is 13.1 Å². The molecule has 3 heteroatoms. The predicted molar refractivity (Wildman–Crippen MR) is 48.1 cm³/mol. The maximum atomic E-state index is 4.07. The fourth-order valence-electron chi connectivity index (χ4n) is 1.50. The number of rotatable bonds is 1. The standard InChI is InChI=1S/C8H12N2S/c1-7-2-3-10(5-7)8-4-9-6-11-8/h4,6-7H,2-3,5H2,1H3. The van der Waals surface area contributed by atoms with Crippen LogP contribution in [0.2, 0.25) is 0 Å². The lowest BCUT2D eigenvalue weighted by Crippen LogP contribution is -2.17. The van der Waals surface area contributed by atoms with E-state index in [1.165, 1.54) is 24.5 Å². The molecule has 0 aromatic carbocycles. The van der Waals surface area contributed by atoms with Crippen LogP contribution in [0.15, 0.2) is 11.7 Å². The second-order valence-corrected chi connectivity index (χ2v) is 4.04. The second-order valence-electron chi connectivity index (χ2n) is 3.18. The molecule has 1 aliphatic rings. The van der Waals surface area contributed by atoms with Gasteiger partial charge in [0.05, 0.1) is 11.7 Å². The smallest absolute Gasteiger partial charge is 0.111 e. The van der Waals surface area contributed by atoms with Crippen LogP contribution in [0.4, 0.5) is 5.00 Å². The minimum Gasteiger partial charge on any atom is -0.362 e. The van der Waals surface area contributed by atoms with Gasteiger partial charge in [-0.1, -0.05) is 6.92 Å². The van der Waals surface area contributed by atoms with Gasteiger partial charge in [0.1, 0.15) is 5.00 Å². The van der Waals surface area contributed by atoms with Crippen LogP contribution in [0.25, 0.3) is 0 Å². The molecule has 0 bridgehead atoms. The van der Waals surface area contributed by atoms with Crippen LogP contribution in [0, 0.1) is 5.92 Å². The van der Waals surface area contributed by atoms with Crippen molar-refractivity contribution in [2.45, 2.75) is 13.3 Å². The van der Waals surface area contributed by atoms with Gasteiger partial charge < -0.3 is 4.90 Å². The maximum Gasteiger partial charge on any atom is 0.111 e. The zero-order valence-electron chi connectivity index (χ0n) is 6.66. The number of aromatic nitrogens is 1. The Morgan fingerprint density at radius 3 is 3.18 bits per heavy atom. The Morgan fingerprint density at radius 1 is 1.73 bits per heavy atom. The van der Waals surface area contributed by atoms with Gasteiger partial charge in [-0.05, 0) is 12.3 Å². The van der Waals surface area contributed by atoms with Crippen molar-refractivity contribution in [3.8, 4) is 0 Å². The summed E-state index contributed by atoms with van der Waals surface area (Å²) in [5.74, 6) is 0.858. The third kappa shape index (κ3) is 1.38. The summed E-state index contributed by atoms with van der Waals surface area (Å²) in [5.41, 5.74) is 1.90. The summed E-state index contributed by atoms with van der Waals surface area (Å²) in [4.78, 5) is 6.49. The number of thiazole rings is 1. The molecular weight excluding hydrogens is 156 g/mol. The molecule has 1 saturated heterocycles. The summed E-state index contributed by atoms with van der Waals surface area (Å²) in [6.07, 6.45) is 3.29. The van der Waals surface area contributed by atoms with Crippen molar-refractivity contribution in [1.29, 1.82) is 0 Å². The van der Waals surface area contributed by atoms with Gasteiger partial charge in [-0.2, -0.15) is 0 Å². The number of hydrogen-bond donors (Lipinski definition) is 0. The van der Waals surface area contributed by atoms with Crippen molar-refractivity contribution < 1.29 is 0 Å². The summed E-state index contributed by atoms with van der Waals surface area (Å²) < 4.78 is 0. The minimum atomic E-state index is 0.858. The molecule has 1 aromatic rings. The summed E-state index contributed by atoms with van der Waals surface area (Å²) >= 11 is 1.74. The van der Waals surface area contributed by atoms with E-state index in [4.69, 9.17) is 0 Å². The van der Waals surface area contributed by atoms with Crippen molar-refractivity contribution in [2.24, 2.45) is 5.92 Å². The highest BCUT2D eigenvalue weighted by Gasteiger charge is 2.19. The van der Waals surface area contributed by atoms with Gasteiger partial charge in [0.25, 0.3) is 0 Å². The second kappa shape index (κ2) is 2.81. The molecule has 1 aromatic heterocycles. The normalized spacial score (nSPS) is 24.5. The summed E-state index contributed by atoms with van der Waals surface area (Å²) in [6.45, 7) is 4.73. The van der Waals surface area contributed by atoms with Crippen LogP contribution in [-0.4, -0.2) is 18.1 Å². The Labute approximate surface area is 70.9 Å². The highest BCUT2D eigenvalue weighted by molar-refractivity contribution is 7.13. The maximum absolute atomic E-state index is 4.07. The van der Waals surface area contributed by atoms with Crippen LogP contribution in [-0.2, 0) is 0 Å². The fourth-order valence-corrected chi connectivity index (χ4v) is 2.17. The van der Waals surface area contributed by atoms with Gasteiger partial charge in [-0.3, -0.25) is 4.98 Å². The SMILES string of the molecule is CC1CCN(c2cncs2)C1. The molecule has 1 fully saturated rings. The summed E-state index contributed by atoms with van der Waals surface area (Å²) in [5, 5.41) is 1.33. The van der Waals surface area contributed by atoms with E-state index in [0.717, 1.165) is 5.92 Å². The van der Waals surface area contributed by atoms with Crippen LogP contribution in [0.3, 0.4) is 0 Å². The summed E-state index contributed by atoms with van der Waals surface area (Å²) in [6, 6.07) is 0. The van der Waals surface area contributed by atoms with Gasteiger partial charge in [-0.25, -0.2) is 0 Å².